The van der Waals surface area contributed by atoms with Crippen LogP contribution in [0.5, 0.6) is 0 Å². The molecule has 4 heterocycles. The Labute approximate surface area is 166 Å². The molecule has 29 heavy (non-hydrogen) atoms. The highest BCUT2D eigenvalue weighted by Gasteiger charge is 2.34. The maximum Gasteiger partial charge on any atom is 0.275 e. The molecule has 0 unspecified atom stereocenters. The van der Waals surface area contributed by atoms with Gasteiger partial charge >= 0.3 is 0 Å². The molecule has 2 amide bonds. The van der Waals surface area contributed by atoms with Gasteiger partial charge in [0.15, 0.2) is 0 Å². The average molecular weight is 386 g/mol. The van der Waals surface area contributed by atoms with Crippen LogP contribution >= 0.6 is 0 Å². The monoisotopic (exact) mass is 386 g/mol. The van der Waals surface area contributed by atoms with Gasteiger partial charge in [0.05, 0.1) is 23.7 Å². The number of benzene rings is 1. The minimum absolute atomic E-state index is 0.0303. The van der Waals surface area contributed by atoms with Crippen molar-refractivity contribution in [3.63, 3.8) is 0 Å². The summed E-state index contributed by atoms with van der Waals surface area (Å²) in [7, 11) is 0. The summed E-state index contributed by atoms with van der Waals surface area (Å²) >= 11 is 0. The molecule has 5 rings (SSSR count). The van der Waals surface area contributed by atoms with Crippen LogP contribution in [0.3, 0.4) is 0 Å². The van der Waals surface area contributed by atoms with Gasteiger partial charge in [-0.2, -0.15) is 0 Å². The van der Waals surface area contributed by atoms with Crippen LogP contribution in [0.25, 0.3) is 11.0 Å². The van der Waals surface area contributed by atoms with Crippen molar-refractivity contribution in [3.8, 4) is 0 Å². The molecule has 1 N–H and O–H groups in total. The summed E-state index contributed by atoms with van der Waals surface area (Å²) in [5.41, 5.74) is 2.86. The number of nitrogens with zero attached hydrogens (tertiary/aromatic N) is 3. The number of furan rings is 1. The zero-order chi connectivity index (χ0) is 20.0. The number of anilines is 2. The van der Waals surface area contributed by atoms with E-state index in [-0.39, 0.29) is 17.9 Å². The Morgan fingerprint density at radius 1 is 1.24 bits per heavy atom. The van der Waals surface area contributed by atoms with E-state index in [4.69, 9.17) is 4.42 Å². The fourth-order valence-corrected chi connectivity index (χ4v) is 3.77. The standard InChI is InChI=1S/C22H18N4O3/c1-14-13-26(17-4-5-19-15(11-17)7-10-29-19)22(28)20-18(6-9-25(14)20)21(27)24-16-3-2-8-23-12-16/h2-12,14H,13H2,1H3,(H,24,27)/t14-/m0/s1. The number of hydrogen-bond acceptors (Lipinski definition) is 4. The highest BCUT2D eigenvalue weighted by atomic mass is 16.3. The van der Waals surface area contributed by atoms with Crippen LogP contribution in [-0.4, -0.2) is 27.9 Å². The van der Waals surface area contributed by atoms with Crippen LogP contribution in [0.2, 0.25) is 0 Å². The van der Waals surface area contributed by atoms with Crippen LogP contribution in [-0.2, 0) is 0 Å². The average Bonchev–Trinajstić information content (AvgIpc) is 3.38. The third kappa shape index (κ3) is 2.87. The second-order valence-electron chi connectivity index (χ2n) is 7.09. The minimum atomic E-state index is -0.334. The Hall–Kier alpha value is -3.87. The van der Waals surface area contributed by atoms with E-state index < -0.39 is 0 Å². The van der Waals surface area contributed by atoms with Gasteiger partial charge in [-0.15, -0.1) is 0 Å². The van der Waals surface area contributed by atoms with Crippen molar-refractivity contribution in [1.29, 1.82) is 0 Å². The zero-order valence-electron chi connectivity index (χ0n) is 15.7. The first-order chi connectivity index (χ1) is 14.1. The van der Waals surface area contributed by atoms with Gasteiger partial charge < -0.3 is 19.2 Å². The van der Waals surface area contributed by atoms with Gasteiger partial charge in [-0.1, -0.05) is 0 Å². The van der Waals surface area contributed by atoms with Gasteiger partial charge in [-0.25, -0.2) is 0 Å². The molecule has 1 aromatic carbocycles. The molecule has 1 aliphatic heterocycles. The highest BCUT2D eigenvalue weighted by molar-refractivity contribution is 6.16. The number of carbonyl (C=O) groups excluding carboxylic acids is 2. The van der Waals surface area contributed by atoms with Gasteiger partial charge in [-0.3, -0.25) is 14.6 Å². The van der Waals surface area contributed by atoms with Crippen molar-refractivity contribution in [2.45, 2.75) is 13.0 Å². The van der Waals surface area contributed by atoms with Gasteiger partial charge in [-0.05, 0) is 49.4 Å². The van der Waals surface area contributed by atoms with E-state index in [0.717, 1.165) is 16.7 Å². The van der Waals surface area contributed by atoms with Gasteiger partial charge in [0.2, 0.25) is 0 Å². The van der Waals surface area contributed by atoms with E-state index in [2.05, 4.69) is 10.3 Å². The topological polar surface area (TPSA) is 80.4 Å². The SMILES string of the molecule is C[C@H]1CN(c2ccc3occc3c2)C(=O)c2c(C(=O)Nc3cccnc3)ccn21. The molecule has 0 fully saturated rings. The van der Waals surface area contributed by atoms with Crippen molar-refractivity contribution in [2.75, 3.05) is 16.8 Å². The number of pyridine rings is 1. The Balaban J connectivity index is 1.51. The van der Waals surface area contributed by atoms with Crippen molar-refractivity contribution in [3.05, 3.63) is 78.6 Å². The first-order valence-electron chi connectivity index (χ1n) is 9.33. The van der Waals surface area contributed by atoms with Crippen LogP contribution in [0.15, 0.2) is 71.7 Å². The molecule has 7 nitrogen and oxygen atoms in total. The maximum atomic E-state index is 13.4. The quantitative estimate of drug-likeness (QED) is 0.575. The summed E-state index contributed by atoms with van der Waals surface area (Å²) < 4.78 is 7.26. The van der Waals surface area contributed by atoms with E-state index in [1.807, 2.05) is 35.8 Å². The number of carbonyl (C=O) groups is 2. The number of hydrogen-bond donors (Lipinski definition) is 1. The number of fused-ring (bicyclic) bond motifs is 2. The molecule has 0 spiro atoms. The van der Waals surface area contributed by atoms with Gasteiger partial charge in [0.25, 0.3) is 11.8 Å². The van der Waals surface area contributed by atoms with Crippen LogP contribution in [0.4, 0.5) is 11.4 Å². The Morgan fingerprint density at radius 2 is 2.14 bits per heavy atom. The summed E-state index contributed by atoms with van der Waals surface area (Å²) in [6.07, 6.45) is 6.63. The molecule has 0 saturated heterocycles. The van der Waals surface area contributed by atoms with Crippen molar-refractivity contribution < 1.29 is 14.0 Å². The summed E-state index contributed by atoms with van der Waals surface area (Å²) in [4.78, 5) is 31.9. The van der Waals surface area contributed by atoms with E-state index in [1.54, 1.807) is 48.0 Å². The lowest BCUT2D eigenvalue weighted by atomic mass is 10.1. The van der Waals surface area contributed by atoms with Gasteiger partial charge in [0.1, 0.15) is 11.3 Å². The normalized spacial score (nSPS) is 16.1. The lowest BCUT2D eigenvalue weighted by molar-refractivity contribution is 0.0942. The summed E-state index contributed by atoms with van der Waals surface area (Å²) in [5, 5.41) is 3.74. The molecular formula is C22H18N4O3. The van der Waals surface area contributed by atoms with E-state index in [9.17, 15) is 9.59 Å². The van der Waals surface area contributed by atoms with E-state index in [1.165, 1.54) is 0 Å². The number of amides is 2. The molecule has 0 saturated carbocycles. The predicted octanol–water partition coefficient (Wildman–Crippen LogP) is 4.10. The summed E-state index contributed by atoms with van der Waals surface area (Å²) in [5.74, 6) is -0.535. The number of aromatic nitrogens is 2. The smallest absolute Gasteiger partial charge is 0.275 e. The Morgan fingerprint density at radius 3 is 2.97 bits per heavy atom. The molecule has 1 atom stereocenters. The zero-order valence-corrected chi connectivity index (χ0v) is 15.7. The fourth-order valence-electron chi connectivity index (χ4n) is 3.77. The molecule has 0 radical (unpaired) electrons. The Bertz CT molecular complexity index is 1230. The van der Waals surface area contributed by atoms with Crippen LogP contribution in [0, 0.1) is 0 Å². The lowest BCUT2D eigenvalue weighted by Crippen LogP contribution is -2.43. The van der Waals surface area contributed by atoms with Gasteiger partial charge in [0, 0.05) is 36.1 Å². The van der Waals surface area contributed by atoms with Crippen molar-refractivity contribution >= 4 is 34.2 Å². The predicted molar refractivity (Wildman–Crippen MR) is 109 cm³/mol. The molecular weight excluding hydrogens is 368 g/mol. The Kier molecular flexibility index (Phi) is 3.94. The first-order valence-corrected chi connectivity index (χ1v) is 9.33. The van der Waals surface area contributed by atoms with Crippen LogP contribution < -0.4 is 10.2 Å². The third-order valence-corrected chi connectivity index (χ3v) is 5.20. The van der Waals surface area contributed by atoms with E-state index in [0.29, 0.717) is 23.5 Å². The molecule has 3 aromatic heterocycles. The van der Waals surface area contributed by atoms with Crippen LogP contribution in [0.1, 0.15) is 33.8 Å². The first kappa shape index (κ1) is 17.2. The second kappa shape index (κ2) is 6.63. The van der Waals surface area contributed by atoms with Crippen molar-refractivity contribution in [1.82, 2.24) is 9.55 Å². The molecule has 0 aliphatic carbocycles. The summed E-state index contributed by atoms with van der Waals surface area (Å²) in [6, 6.07) is 12.7. The minimum Gasteiger partial charge on any atom is -0.464 e. The molecule has 4 aromatic rings. The molecule has 7 heteroatoms. The highest BCUT2D eigenvalue weighted by Crippen LogP contribution is 2.31. The second-order valence-corrected chi connectivity index (χ2v) is 7.09. The number of nitrogens with one attached hydrogen (secondary N) is 1. The number of rotatable bonds is 3. The fraction of sp³-hybridized carbons (Fsp3) is 0.136. The van der Waals surface area contributed by atoms with E-state index >= 15 is 0 Å². The largest absolute Gasteiger partial charge is 0.464 e. The molecule has 1 aliphatic rings. The summed E-state index contributed by atoms with van der Waals surface area (Å²) in [6.45, 7) is 2.55. The molecule has 0 bridgehead atoms. The third-order valence-electron chi connectivity index (χ3n) is 5.20. The van der Waals surface area contributed by atoms with Crippen molar-refractivity contribution in [2.24, 2.45) is 0 Å². The molecule has 144 valence electrons. The lowest BCUT2D eigenvalue weighted by Gasteiger charge is -2.33. The maximum absolute atomic E-state index is 13.4.